The van der Waals surface area contributed by atoms with Gasteiger partial charge in [0.15, 0.2) is 0 Å². The molecule has 5 heteroatoms. The molecule has 2 atom stereocenters. The van der Waals surface area contributed by atoms with Crippen molar-refractivity contribution in [2.45, 2.75) is 65.1 Å². The third-order valence-electron chi connectivity index (χ3n) is 6.26. The van der Waals surface area contributed by atoms with E-state index in [2.05, 4.69) is 29.6 Å². The number of carbonyl (C=O) groups is 2. The van der Waals surface area contributed by atoms with Crippen molar-refractivity contribution in [2.24, 2.45) is 0 Å². The molecule has 0 saturated carbocycles. The molecule has 35 heavy (non-hydrogen) atoms. The lowest BCUT2D eigenvalue weighted by Crippen LogP contribution is -2.52. The molecule has 0 heterocycles. The molecule has 0 aliphatic heterocycles. The van der Waals surface area contributed by atoms with Crippen LogP contribution in [-0.4, -0.2) is 28.8 Å². The second-order valence-corrected chi connectivity index (χ2v) is 9.60. The number of hydrogen-bond donors (Lipinski definition) is 1. The Morgan fingerprint density at radius 3 is 2.26 bits per heavy atom. The maximum atomic E-state index is 13.7. The second-order valence-electron chi connectivity index (χ2n) is 9.16. The quantitative estimate of drug-likeness (QED) is 0.351. The number of halogens is 1. The molecule has 3 rings (SSSR count). The van der Waals surface area contributed by atoms with E-state index in [1.165, 1.54) is 5.56 Å². The molecule has 2 amide bonds. The molecule has 2 unspecified atom stereocenters. The van der Waals surface area contributed by atoms with E-state index >= 15 is 0 Å². The summed E-state index contributed by atoms with van der Waals surface area (Å²) in [5.41, 5.74) is 4.21. The molecule has 0 bridgehead atoms. The van der Waals surface area contributed by atoms with E-state index in [0.717, 1.165) is 23.1 Å². The zero-order chi connectivity index (χ0) is 25.2. The van der Waals surface area contributed by atoms with Gasteiger partial charge in [-0.15, -0.1) is 0 Å². The number of amides is 2. The summed E-state index contributed by atoms with van der Waals surface area (Å²) in [6.07, 6.45) is 2.21. The predicted molar refractivity (Wildman–Crippen MR) is 143 cm³/mol. The summed E-state index contributed by atoms with van der Waals surface area (Å²) < 4.78 is 0. The van der Waals surface area contributed by atoms with Gasteiger partial charge in [0.25, 0.3) is 0 Å². The molecule has 0 fully saturated rings. The first-order valence-electron chi connectivity index (χ1n) is 12.3. The highest BCUT2D eigenvalue weighted by Crippen LogP contribution is 2.19. The number of nitrogens with one attached hydrogen (secondary N) is 1. The SMILES string of the molecule is CCC(C)NC(=O)C(Cc1ccccc1)N(Cc1cccc(Cl)c1)C(=O)CCc1ccc(C)cc1. The average Bonchev–Trinajstić information content (AvgIpc) is 2.86. The van der Waals surface area contributed by atoms with Crippen molar-refractivity contribution in [1.82, 2.24) is 10.2 Å². The van der Waals surface area contributed by atoms with E-state index in [0.29, 0.717) is 30.8 Å². The minimum atomic E-state index is -0.629. The molecule has 4 nitrogen and oxygen atoms in total. The Balaban J connectivity index is 1.90. The number of aryl methyl sites for hydroxylation is 2. The number of nitrogens with zero attached hydrogens (tertiary/aromatic N) is 1. The van der Waals surface area contributed by atoms with Gasteiger partial charge in [0.05, 0.1) is 0 Å². The normalized spacial score (nSPS) is 12.6. The predicted octanol–water partition coefficient (Wildman–Crippen LogP) is 6.14. The number of hydrogen-bond acceptors (Lipinski definition) is 2. The minimum absolute atomic E-state index is 0.0245. The van der Waals surface area contributed by atoms with Gasteiger partial charge in [0.1, 0.15) is 6.04 Å². The third-order valence-corrected chi connectivity index (χ3v) is 6.50. The van der Waals surface area contributed by atoms with Gasteiger partial charge in [-0.25, -0.2) is 0 Å². The van der Waals surface area contributed by atoms with Crippen molar-refractivity contribution in [3.8, 4) is 0 Å². The number of rotatable bonds is 11. The first-order valence-corrected chi connectivity index (χ1v) is 12.7. The van der Waals surface area contributed by atoms with Crippen molar-refractivity contribution in [3.05, 3.63) is 106 Å². The molecule has 0 aliphatic rings. The highest BCUT2D eigenvalue weighted by atomic mass is 35.5. The summed E-state index contributed by atoms with van der Waals surface area (Å²) >= 11 is 6.24. The van der Waals surface area contributed by atoms with Gasteiger partial charge < -0.3 is 10.2 Å². The summed E-state index contributed by atoms with van der Waals surface area (Å²) in [5, 5.41) is 3.71. The van der Waals surface area contributed by atoms with Gasteiger partial charge in [-0.2, -0.15) is 0 Å². The highest BCUT2D eigenvalue weighted by molar-refractivity contribution is 6.30. The molecule has 3 aromatic rings. The lowest BCUT2D eigenvalue weighted by Gasteiger charge is -2.32. The summed E-state index contributed by atoms with van der Waals surface area (Å²) in [6.45, 7) is 6.38. The van der Waals surface area contributed by atoms with E-state index in [4.69, 9.17) is 11.6 Å². The van der Waals surface area contributed by atoms with Crippen LogP contribution in [0.1, 0.15) is 48.9 Å². The number of benzene rings is 3. The Morgan fingerprint density at radius 1 is 0.914 bits per heavy atom. The minimum Gasteiger partial charge on any atom is -0.352 e. The first-order chi connectivity index (χ1) is 16.9. The maximum Gasteiger partial charge on any atom is 0.243 e. The van der Waals surface area contributed by atoms with Crippen LogP contribution < -0.4 is 5.32 Å². The van der Waals surface area contributed by atoms with Crippen LogP contribution in [0.15, 0.2) is 78.9 Å². The topological polar surface area (TPSA) is 49.4 Å². The lowest BCUT2D eigenvalue weighted by atomic mass is 10.0. The van der Waals surface area contributed by atoms with Crippen LogP contribution in [-0.2, 0) is 29.0 Å². The van der Waals surface area contributed by atoms with E-state index < -0.39 is 6.04 Å². The molecular formula is C30H35ClN2O2. The van der Waals surface area contributed by atoms with Crippen LogP contribution in [0.4, 0.5) is 0 Å². The third kappa shape index (κ3) is 8.25. The molecule has 3 aromatic carbocycles. The van der Waals surface area contributed by atoms with Crippen molar-refractivity contribution in [1.29, 1.82) is 0 Å². The monoisotopic (exact) mass is 490 g/mol. The van der Waals surface area contributed by atoms with Crippen molar-refractivity contribution in [3.63, 3.8) is 0 Å². The molecule has 0 radical (unpaired) electrons. The smallest absolute Gasteiger partial charge is 0.243 e. The fraction of sp³-hybridized carbons (Fsp3) is 0.333. The average molecular weight is 491 g/mol. The van der Waals surface area contributed by atoms with Crippen molar-refractivity contribution in [2.75, 3.05) is 0 Å². The largest absolute Gasteiger partial charge is 0.352 e. The van der Waals surface area contributed by atoms with Gasteiger partial charge >= 0.3 is 0 Å². The van der Waals surface area contributed by atoms with E-state index in [-0.39, 0.29) is 17.9 Å². The van der Waals surface area contributed by atoms with E-state index in [9.17, 15) is 9.59 Å². The molecule has 0 spiro atoms. The Morgan fingerprint density at radius 2 is 1.60 bits per heavy atom. The van der Waals surface area contributed by atoms with Gasteiger partial charge in [-0.1, -0.05) is 90.8 Å². The van der Waals surface area contributed by atoms with E-state index in [1.54, 1.807) is 4.90 Å². The summed E-state index contributed by atoms with van der Waals surface area (Å²) in [6, 6.07) is 25.0. The van der Waals surface area contributed by atoms with Crippen LogP contribution in [0.3, 0.4) is 0 Å². The van der Waals surface area contributed by atoms with Gasteiger partial charge in [-0.3, -0.25) is 9.59 Å². The van der Waals surface area contributed by atoms with Gasteiger partial charge in [0.2, 0.25) is 11.8 Å². The lowest BCUT2D eigenvalue weighted by molar-refractivity contribution is -0.141. The molecule has 1 N–H and O–H groups in total. The number of carbonyl (C=O) groups excluding carboxylic acids is 2. The molecule has 0 aromatic heterocycles. The zero-order valence-corrected chi connectivity index (χ0v) is 21.6. The first kappa shape index (κ1) is 26.5. The van der Waals surface area contributed by atoms with Crippen molar-refractivity contribution < 1.29 is 9.59 Å². The fourth-order valence-corrected chi connectivity index (χ4v) is 4.19. The maximum absolute atomic E-state index is 13.7. The summed E-state index contributed by atoms with van der Waals surface area (Å²) in [7, 11) is 0. The van der Waals surface area contributed by atoms with E-state index in [1.807, 2.05) is 75.4 Å². The summed E-state index contributed by atoms with van der Waals surface area (Å²) in [4.78, 5) is 28.9. The van der Waals surface area contributed by atoms with Crippen LogP contribution in [0.2, 0.25) is 5.02 Å². The van der Waals surface area contributed by atoms with Gasteiger partial charge in [0, 0.05) is 30.5 Å². The zero-order valence-electron chi connectivity index (χ0n) is 20.8. The summed E-state index contributed by atoms with van der Waals surface area (Å²) in [5.74, 6) is -0.181. The van der Waals surface area contributed by atoms with Crippen molar-refractivity contribution >= 4 is 23.4 Å². The second kappa shape index (κ2) is 13.1. The molecular weight excluding hydrogens is 456 g/mol. The van der Waals surface area contributed by atoms with Crippen LogP contribution in [0, 0.1) is 6.92 Å². The Bertz CT molecular complexity index is 1100. The van der Waals surface area contributed by atoms with Crippen LogP contribution >= 0.6 is 11.6 Å². The molecule has 0 saturated heterocycles. The fourth-order valence-electron chi connectivity index (χ4n) is 3.98. The van der Waals surface area contributed by atoms with Crippen LogP contribution in [0.5, 0.6) is 0 Å². The standard InChI is InChI=1S/C30H35ClN2O2/c1-4-23(3)32-30(35)28(20-25-9-6-5-7-10-25)33(21-26-11-8-12-27(31)19-26)29(34)18-17-24-15-13-22(2)14-16-24/h5-16,19,23,28H,4,17-18,20-21H2,1-3H3,(H,32,35). The van der Waals surface area contributed by atoms with Gasteiger partial charge in [-0.05, 0) is 55.5 Å². The molecule has 184 valence electrons. The van der Waals surface area contributed by atoms with Crippen LogP contribution in [0.25, 0.3) is 0 Å². The Labute approximate surface area is 214 Å². The Kier molecular flexibility index (Phi) is 9.92. The Hall–Kier alpha value is -3.11. The highest BCUT2D eigenvalue weighted by Gasteiger charge is 2.30. The molecule has 0 aliphatic carbocycles.